The van der Waals surface area contributed by atoms with Gasteiger partial charge in [-0.05, 0) is 72.6 Å². The van der Waals surface area contributed by atoms with Gasteiger partial charge in [0.15, 0.2) is 5.85 Å². The van der Waals surface area contributed by atoms with Crippen LogP contribution in [0.1, 0.15) is 51.4 Å². The second-order valence-electron chi connectivity index (χ2n) is 10.3. The van der Waals surface area contributed by atoms with Crippen molar-refractivity contribution in [1.82, 2.24) is 0 Å². The summed E-state index contributed by atoms with van der Waals surface area (Å²) in [6.45, 7) is 6.66. The Morgan fingerprint density at radius 2 is 1.42 bits per heavy atom. The summed E-state index contributed by atoms with van der Waals surface area (Å²) in [5.41, 5.74) is 2.66. The van der Waals surface area contributed by atoms with E-state index in [1.165, 1.54) is 6.42 Å². The Kier molecular flexibility index (Phi) is 8.31. The molecule has 182 valence electrons. The van der Waals surface area contributed by atoms with Crippen molar-refractivity contribution in [3.63, 3.8) is 0 Å². The molecule has 1 aliphatic carbocycles. The molecule has 0 spiro atoms. The van der Waals surface area contributed by atoms with E-state index in [1.54, 1.807) is 0 Å². The molecule has 0 aliphatic heterocycles. The number of anilines is 2. The standard InChI is InChI=1S/C27H41N2O3P/c1-19(2)25-17-8-20(3)18-26(25)32-33(31,24-15-13-23(14-16-24)29(6)7)27(30)21-9-11-22(12-10-21)28(4)5/h9-16,19-20,25-27,30H,8,17-18H2,1-7H3/t20-,25-,26-,27-,33+/m1/s1. The topological polar surface area (TPSA) is 53.0 Å². The lowest BCUT2D eigenvalue weighted by atomic mass is 9.75. The van der Waals surface area contributed by atoms with Crippen LogP contribution in [0.4, 0.5) is 11.4 Å². The molecule has 3 rings (SSSR count). The summed E-state index contributed by atoms with van der Waals surface area (Å²) in [6.07, 6.45) is 2.97. The first-order valence-corrected chi connectivity index (χ1v) is 13.7. The Bertz CT molecular complexity index is 941. The van der Waals surface area contributed by atoms with Gasteiger partial charge in [-0.3, -0.25) is 4.57 Å². The minimum absolute atomic E-state index is 0.135. The maximum atomic E-state index is 14.7. The lowest BCUT2D eigenvalue weighted by Gasteiger charge is -2.40. The fourth-order valence-electron chi connectivity index (χ4n) is 4.80. The largest absolute Gasteiger partial charge is 0.378 e. The van der Waals surface area contributed by atoms with Crippen LogP contribution in [0.5, 0.6) is 0 Å². The molecule has 33 heavy (non-hydrogen) atoms. The highest BCUT2D eigenvalue weighted by atomic mass is 31.2. The molecule has 2 aromatic carbocycles. The van der Waals surface area contributed by atoms with Crippen molar-refractivity contribution in [2.75, 3.05) is 38.0 Å². The quantitative estimate of drug-likeness (QED) is 0.486. The van der Waals surface area contributed by atoms with Crippen LogP contribution < -0.4 is 15.1 Å². The van der Waals surface area contributed by atoms with Crippen LogP contribution in [0.2, 0.25) is 0 Å². The number of aliphatic hydroxyl groups is 1. The molecule has 1 N–H and O–H groups in total. The van der Waals surface area contributed by atoms with Crippen LogP contribution in [-0.4, -0.2) is 39.4 Å². The third kappa shape index (κ3) is 5.82. The van der Waals surface area contributed by atoms with E-state index in [-0.39, 0.29) is 6.10 Å². The fraction of sp³-hybridized carbons (Fsp3) is 0.556. The second kappa shape index (κ2) is 10.6. The van der Waals surface area contributed by atoms with E-state index in [0.717, 1.165) is 24.2 Å². The first-order valence-electron chi connectivity index (χ1n) is 12.0. The summed E-state index contributed by atoms with van der Waals surface area (Å²) in [5, 5.41) is 12.1. The third-order valence-electron chi connectivity index (χ3n) is 7.01. The van der Waals surface area contributed by atoms with Gasteiger partial charge in [0.25, 0.3) is 7.37 Å². The van der Waals surface area contributed by atoms with E-state index in [1.807, 2.05) is 86.5 Å². The zero-order valence-electron chi connectivity index (χ0n) is 21.2. The summed E-state index contributed by atoms with van der Waals surface area (Å²) >= 11 is 0. The molecule has 0 radical (unpaired) electrons. The molecule has 1 fully saturated rings. The lowest BCUT2D eigenvalue weighted by Crippen LogP contribution is -2.35. The molecule has 1 saturated carbocycles. The van der Waals surface area contributed by atoms with Crippen LogP contribution in [-0.2, 0) is 9.09 Å². The third-order valence-corrected chi connectivity index (χ3v) is 9.55. The van der Waals surface area contributed by atoms with Crippen LogP contribution >= 0.6 is 7.37 Å². The van der Waals surface area contributed by atoms with Gasteiger partial charge in [0.2, 0.25) is 0 Å². The monoisotopic (exact) mass is 472 g/mol. The average Bonchev–Trinajstić information content (AvgIpc) is 2.78. The molecule has 6 heteroatoms. The van der Waals surface area contributed by atoms with Gasteiger partial charge in [0.05, 0.1) is 6.10 Å². The molecule has 0 amide bonds. The van der Waals surface area contributed by atoms with Crippen LogP contribution in [0, 0.1) is 17.8 Å². The predicted octanol–water partition coefficient (Wildman–Crippen LogP) is 5.89. The maximum Gasteiger partial charge on any atom is 0.264 e. The highest BCUT2D eigenvalue weighted by Crippen LogP contribution is 2.60. The summed E-state index contributed by atoms with van der Waals surface area (Å²) in [6, 6.07) is 15.2. The van der Waals surface area contributed by atoms with E-state index in [2.05, 4.69) is 20.8 Å². The van der Waals surface area contributed by atoms with Gasteiger partial charge < -0.3 is 19.4 Å². The zero-order chi connectivity index (χ0) is 24.3. The van der Waals surface area contributed by atoms with Crippen molar-refractivity contribution in [3.8, 4) is 0 Å². The molecule has 0 saturated heterocycles. The number of aliphatic hydroxyl groups excluding tert-OH is 1. The summed E-state index contributed by atoms with van der Waals surface area (Å²) in [5.74, 6) is 0.0672. The molecule has 5 nitrogen and oxygen atoms in total. The summed E-state index contributed by atoms with van der Waals surface area (Å²) < 4.78 is 21.2. The van der Waals surface area contributed by atoms with Crippen molar-refractivity contribution in [2.45, 2.75) is 52.0 Å². The van der Waals surface area contributed by atoms with E-state index in [0.29, 0.717) is 28.6 Å². The van der Waals surface area contributed by atoms with Crippen molar-refractivity contribution in [3.05, 3.63) is 54.1 Å². The van der Waals surface area contributed by atoms with E-state index in [9.17, 15) is 9.67 Å². The van der Waals surface area contributed by atoms with Crippen molar-refractivity contribution in [1.29, 1.82) is 0 Å². The van der Waals surface area contributed by atoms with Gasteiger partial charge in [-0.15, -0.1) is 0 Å². The van der Waals surface area contributed by atoms with E-state index < -0.39 is 13.2 Å². The molecule has 0 unspecified atom stereocenters. The fourth-order valence-corrected chi connectivity index (χ4v) is 7.09. The molecular formula is C27H41N2O3P. The van der Waals surface area contributed by atoms with Crippen LogP contribution in [0.3, 0.4) is 0 Å². The van der Waals surface area contributed by atoms with Gasteiger partial charge in [-0.1, -0.05) is 39.3 Å². The smallest absolute Gasteiger partial charge is 0.264 e. The zero-order valence-corrected chi connectivity index (χ0v) is 22.1. The van der Waals surface area contributed by atoms with E-state index >= 15 is 0 Å². The first kappa shape index (κ1) is 25.8. The molecule has 5 atom stereocenters. The van der Waals surface area contributed by atoms with Crippen molar-refractivity contribution in [2.24, 2.45) is 17.8 Å². The number of rotatable bonds is 8. The Labute approximate surface area is 200 Å². The number of benzene rings is 2. The minimum atomic E-state index is -3.62. The van der Waals surface area contributed by atoms with Gasteiger partial charge in [-0.25, -0.2) is 0 Å². The maximum absolute atomic E-state index is 14.7. The number of hydrogen-bond acceptors (Lipinski definition) is 5. The van der Waals surface area contributed by atoms with Crippen LogP contribution in [0.15, 0.2) is 48.5 Å². The minimum Gasteiger partial charge on any atom is -0.378 e. The van der Waals surface area contributed by atoms with Gasteiger partial charge in [-0.2, -0.15) is 0 Å². The highest BCUT2D eigenvalue weighted by molar-refractivity contribution is 7.67. The molecular weight excluding hydrogens is 431 g/mol. The van der Waals surface area contributed by atoms with Gasteiger partial charge in [0, 0.05) is 44.9 Å². The molecule has 1 aliphatic rings. The number of hydrogen-bond donors (Lipinski definition) is 1. The summed E-state index contributed by atoms with van der Waals surface area (Å²) in [7, 11) is 4.28. The molecule has 0 bridgehead atoms. The van der Waals surface area contributed by atoms with Crippen molar-refractivity contribution < 1.29 is 14.2 Å². The normalized spacial score (nSPS) is 23.7. The van der Waals surface area contributed by atoms with Gasteiger partial charge in [0.1, 0.15) is 0 Å². The SMILES string of the molecule is CC(C)[C@H]1CC[C@@H](C)C[C@H]1O[P@@](=O)(c1ccc(N(C)C)cc1)[C@@H](O)c1ccc(N(C)C)cc1. The lowest BCUT2D eigenvalue weighted by molar-refractivity contribution is 0.0427. The van der Waals surface area contributed by atoms with E-state index in [4.69, 9.17) is 4.52 Å². The number of nitrogens with zero attached hydrogens (tertiary/aromatic N) is 2. The highest BCUT2D eigenvalue weighted by Gasteiger charge is 2.42. The molecule has 2 aromatic rings. The second-order valence-corrected chi connectivity index (χ2v) is 12.7. The molecule has 0 aromatic heterocycles. The van der Waals surface area contributed by atoms with Gasteiger partial charge >= 0.3 is 0 Å². The predicted molar refractivity (Wildman–Crippen MR) is 140 cm³/mol. The Morgan fingerprint density at radius 1 is 0.909 bits per heavy atom. The first-order chi connectivity index (χ1) is 15.5. The Morgan fingerprint density at radius 3 is 1.91 bits per heavy atom. The summed E-state index contributed by atoms with van der Waals surface area (Å²) in [4.78, 5) is 4.01. The van der Waals surface area contributed by atoms with Crippen LogP contribution in [0.25, 0.3) is 0 Å². The Hall–Kier alpha value is -1.81. The average molecular weight is 473 g/mol. The Balaban J connectivity index is 2.02. The van der Waals surface area contributed by atoms with Crippen molar-refractivity contribution >= 4 is 24.0 Å². The molecule has 0 heterocycles.